The average molecular weight is 248 g/mol. The van der Waals surface area contributed by atoms with Crippen LogP contribution >= 0.6 is 0 Å². The molecule has 0 amide bonds. The molecule has 0 bridgehead atoms. The number of aromatic nitrogens is 4. The van der Waals surface area contributed by atoms with Crippen molar-refractivity contribution in [2.75, 3.05) is 0 Å². The SMILES string of the molecule is NC1(c2nnnnc2C2(N)N=NN=N2)N=NN=N1. The summed E-state index contributed by atoms with van der Waals surface area (Å²) in [4.78, 5) is 0. The van der Waals surface area contributed by atoms with Crippen LogP contribution in [-0.4, -0.2) is 20.6 Å². The van der Waals surface area contributed by atoms with Crippen LogP contribution in [0, 0.1) is 0 Å². The highest BCUT2D eigenvalue weighted by Crippen LogP contribution is 2.33. The van der Waals surface area contributed by atoms with Gasteiger partial charge in [-0.15, -0.1) is 30.7 Å². The topological polar surface area (TPSA) is 202 Å². The Morgan fingerprint density at radius 1 is 0.611 bits per heavy atom. The molecule has 14 nitrogen and oxygen atoms in total. The second-order valence-corrected chi connectivity index (χ2v) is 3.29. The van der Waals surface area contributed by atoms with Gasteiger partial charge >= 0.3 is 0 Å². The zero-order chi connectivity index (χ0) is 12.6. The number of rotatable bonds is 2. The van der Waals surface area contributed by atoms with Crippen LogP contribution in [0.2, 0.25) is 0 Å². The average Bonchev–Trinajstić information content (AvgIpc) is 3.00. The molecule has 0 unspecified atom stereocenters. The second kappa shape index (κ2) is 3.37. The molecule has 1 aromatic heterocycles. The van der Waals surface area contributed by atoms with Gasteiger partial charge in [-0.2, -0.15) is 0 Å². The van der Waals surface area contributed by atoms with E-state index in [4.69, 9.17) is 11.5 Å². The normalized spacial score (nSPS) is 21.9. The summed E-state index contributed by atoms with van der Waals surface area (Å²) in [5, 5.41) is 41.6. The molecule has 0 aromatic carbocycles. The zero-order valence-electron chi connectivity index (χ0n) is 8.52. The van der Waals surface area contributed by atoms with E-state index in [9.17, 15) is 0 Å². The Morgan fingerprint density at radius 3 is 1.28 bits per heavy atom. The maximum absolute atomic E-state index is 5.82. The first-order valence-electron chi connectivity index (χ1n) is 4.47. The number of nitrogens with two attached hydrogens (primary N) is 2. The summed E-state index contributed by atoms with van der Waals surface area (Å²) in [6, 6.07) is 0. The van der Waals surface area contributed by atoms with Crippen molar-refractivity contribution in [1.29, 1.82) is 0 Å². The van der Waals surface area contributed by atoms with Crippen molar-refractivity contribution in [3.63, 3.8) is 0 Å². The van der Waals surface area contributed by atoms with Crippen LogP contribution in [0.3, 0.4) is 0 Å². The third-order valence-electron chi connectivity index (χ3n) is 2.12. The Bertz CT molecular complexity index is 519. The molecule has 0 fully saturated rings. The summed E-state index contributed by atoms with van der Waals surface area (Å²) in [7, 11) is 0. The predicted molar refractivity (Wildman–Crippen MR) is 48.8 cm³/mol. The quantitative estimate of drug-likeness (QED) is 0.675. The van der Waals surface area contributed by atoms with E-state index in [0.29, 0.717) is 0 Å². The second-order valence-electron chi connectivity index (χ2n) is 3.29. The van der Waals surface area contributed by atoms with Crippen LogP contribution in [0.4, 0.5) is 0 Å². The van der Waals surface area contributed by atoms with Gasteiger partial charge in [0.2, 0.25) is 0 Å². The highest BCUT2D eigenvalue weighted by molar-refractivity contribution is 5.23. The van der Waals surface area contributed by atoms with Gasteiger partial charge < -0.3 is 0 Å². The van der Waals surface area contributed by atoms with Crippen LogP contribution < -0.4 is 11.5 Å². The smallest absolute Gasteiger partial charge is 0.280 e. The number of hydrogen-bond acceptors (Lipinski definition) is 14. The summed E-state index contributed by atoms with van der Waals surface area (Å²) in [5.41, 5.74) is 11.6. The van der Waals surface area contributed by atoms with Crippen molar-refractivity contribution in [3.05, 3.63) is 11.4 Å². The lowest BCUT2D eigenvalue weighted by Crippen LogP contribution is -2.40. The number of nitrogens with zero attached hydrogens (tertiary/aromatic N) is 12. The van der Waals surface area contributed by atoms with E-state index in [1.165, 1.54) is 0 Å². The van der Waals surface area contributed by atoms with E-state index < -0.39 is 11.6 Å². The molecule has 3 rings (SSSR count). The Balaban J connectivity index is 2.17. The Labute approximate surface area is 97.3 Å². The predicted octanol–water partition coefficient (Wildman–Crippen LogP) is -0.929. The molecule has 0 aliphatic carbocycles. The minimum Gasteiger partial charge on any atom is -0.280 e. The maximum atomic E-state index is 5.82. The van der Waals surface area contributed by atoms with E-state index >= 15 is 0 Å². The van der Waals surface area contributed by atoms with Crippen LogP contribution in [0.5, 0.6) is 0 Å². The third kappa shape index (κ3) is 1.36. The molecular formula is C4H4N14. The van der Waals surface area contributed by atoms with Crippen LogP contribution in [0.1, 0.15) is 11.4 Å². The molecule has 1 aromatic rings. The van der Waals surface area contributed by atoms with E-state index in [-0.39, 0.29) is 11.4 Å². The molecule has 4 N–H and O–H groups in total. The van der Waals surface area contributed by atoms with Gasteiger partial charge in [0.1, 0.15) is 0 Å². The summed E-state index contributed by atoms with van der Waals surface area (Å²) < 4.78 is 0. The molecule has 0 saturated carbocycles. The molecule has 14 heteroatoms. The molecule has 3 heterocycles. The maximum Gasteiger partial charge on any atom is 0.291 e. The molecule has 90 valence electrons. The summed E-state index contributed by atoms with van der Waals surface area (Å²) in [6.07, 6.45) is 0. The first kappa shape index (κ1) is 10.4. The molecule has 0 spiro atoms. The largest absolute Gasteiger partial charge is 0.291 e. The lowest BCUT2D eigenvalue weighted by molar-refractivity contribution is 0.392. The lowest BCUT2D eigenvalue weighted by atomic mass is 10.1. The third-order valence-corrected chi connectivity index (χ3v) is 2.12. The highest BCUT2D eigenvalue weighted by atomic mass is 15.6. The van der Waals surface area contributed by atoms with Crippen LogP contribution in [0.15, 0.2) is 41.4 Å². The Morgan fingerprint density at radius 2 is 0.944 bits per heavy atom. The van der Waals surface area contributed by atoms with Gasteiger partial charge in [0.05, 0.1) is 0 Å². The van der Waals surface area contributed by atoms with Crippen molar-refractivity contribution in [1.82, 2.24) is 20.6 Å². The Hall–Kier alpha value is -2.74. The zero-order valence-corrected chi connectivity index (χ0v) is 8.52. The van der Waals surface area contributed by atoms with E-state index in [2.05, 4.69) is 62.0 Å². The fraction of sp³-hybridized carbons (Fsp3) is 0.500. The fourth-order valence-electron chi connectivity index (χ4n) is 1.30. The van der Waals surface area contributed by atoms with Crippen molar-refractivity contribution in [2.45, 2.75) is 11.6 Å². The van der Waals surface area contributed by atoms with Gasteiger partial charge in [-0.1, -0.05) is 0 Å². The van der Waals surface area contributed by atoms with Crippen molar-refractivity contribution in [2.24, 2.45) is 52.8 Å². The van der Waals surface area contributed by atoms with E-state index in [0.717, 1.165) is 0 Å². The fourth-order valence-corrected chi connectivity index (χ4v) is 1.30. The highest BCUT2D eigenvalue weighted by Gasteiger charge is 2.45. The first-order valence-corrected chi connectivity index (χ1v) is 4.47. The van der Waals surface area contributed by atoms with Crippen LogP contribution in [0.25, 0.3) is 0 Å². The van der Waals surface area contributed by atoms with Gasteiger partial charge in [-0.25, -0.2) is 0 Å². The standard InChI is InChI=1S/C4H4N14/c5-3(9-15-16-10-3)1-2(8-14-13-7-1)4(6)11-17-18-12-4/h5-6H2. The number of hydrogen-bond donors (Lipinski definition) is 2. The van der Waals surface area contributed by atoms with Crippen LogP contribution in [-0.2, 0) is 11.6 Å². The minimum absolute atomic E-state index is 0.0372. The molecule has 2 aliphatic rings. The molecular weight excluding hydrogens is 244 g/mol. The van der Waals surface area contributed by atoms with Crippen molar-refractivity contribution >= 4 is 0 Å². The molecule has 2 aliphatic heterocycles. The summed E-state index contributed by atoms with van der Waals surface area (Å²) in [5.74, 6) is -3.36. The molecule has 0 radical (unpaired) electrons. The molecule has 0 saturated heterocycles. The first-order chi connectivity index (χ1) is 8.64. The minimum atomic E-state index is -1.68. The monoisotopic (exact) mass is 248 g/mol. The molecule has 0 atom stereocenters. The summed E-state index contributed by atoms with van der Waals surface area (Å²) >= 11 is 0. The van der Waals surface area contributed by atoms with Crippen molar-refractivity contribution in [3.8, 4) is 0 Å². The van der Waals surface area contributed by atoms with Gasteiger partial charge in [0.15, 0.2) is 11.4 Å². The van der Waals surface area contributed by atoms with E-state index in [1.54, 1.807) is 0 Å². The van der Waals surface area contributed by atoms with E-state index in [1.807, 2.05) is 0 Å². The molecule has 18 heavy (non-hydrogen) atoms. The Kier molecular flexibility index (Phi) is 1.95. The van der Waals surface area contributed by atoms with Gasteiger partial charge in [0, 0.05) is 0 Å². The summed E-state index contributed by atoms with van der Waals surface area (Å²) in [6.45, 7) is 0. The van der Waals surface area contributed by atoms with Gasteiger partial charge in [0.25, 0.3) is 11.6 Å². The lowest BCUT2D eigenvalue weighted by Gasteiger charge is -2.18. The van der Waals surface area contributed by atoms with Crippen molar-refractivity contribution < 1.29 is 0 Å². The van der Waals surface area contributed by atoms with Gasteiger partial charge in [-0.05, 0) is 31.3 Å². The van der Waals surface area contributed by atoms with Gasteiger partial charge in [-0.3, -0.25) is 11.5 Å².